The van der Waals surface area contributed by atoms with Crippen molar-refractivity contribution in [2.75, 3.05) is 5.32 Å². The summed E-state index contributed by atoms with van der Waals surface area (Å²) in [5.74, 6) is 0. The van der Waals surface area contributed by atoms with Crippen molar-refractivity contribution in [3.63, 3.8) is 0 Å². The van der Waals surface area contributed by atoms with Gasteiger partial charge in [0.05, 0.1) is 11.2 Å². The van der Waals surface area contributed by atoms with Crippen LogP contribution in [-0.4, -0.2) is 11.0 Å². The maximum Gasteiger partial charge on any atom is 0.0689 e. The van der Waals surface area contributed by atoms with E-state index in [0.29, 0.717) is 12.6 Å². The number of hydrogen-bond donors (Lipinski definition) is 3. The first-order valence-electron chi connectivity index (χ1n) is 6.43. The number of anilines is 1. The average Bonchev–Trinajstić information content (AvgIpc) is 2.98. The fourth-order valence-electron chi connectivity index (χ4n) is 2.76. The number of rotatable bonds is 3. The first-order chi connectivity index (χ1) is 8.36. The minimum absolute atomic E-state index is 0.598. The zero-order valence-electron chi connectivity index (χ0n) is 10.00. The van der Waals surface area contributed by atoms with Crippen molar-refractivity contribution in [1.82, 2.24) is 4.98 Å². The van der Waals surface area contributed by atoms with E-state index in [4.69, 9.17) is 5.73 Å². The molecule has 1 aliphatic rings. The van der Waals surface area contributed by atoms with Gasteiger partial charge in [0.25, 0.3) is 0 Å². The Hall–Kier alpha value is -1.48. The summed E-state index contributed by atoms with van der Waals surface area (Å²) < 4.78 is 0. The highest BCUT2D eigenvalue weighted by molar-refractivity contribution is 5.91. The Kier molecular flexibility index (Phi) is 2.77. The second kappa shape index (κ2) is 4.41. The Bertz CT molecular complexity index is 509. The Morgan fingerprint density at radius 2 is 2.12 bits per heavy atom. The molecule has 1 fully saturated rings. The third-order valence-corrected chi connectivity index (χ3v) is 3.67. The van der Waals surface area contributed by atoms with E-state index >= 15 is 0 Å². The Morgan fingerprint density at radius 1 is 1.29 bits per heavy atom. The molecular formula is C14H19N3. The van der Waals surface area contributed by atoms with Crippen LogP contribution in [0.3, 0.4) is 0 Å². The summed E-state index contributed by atoms with van der Waals surface area (Å²) in [5.41, 5.74) is 9.35. The van der Waals surface area contributed by atoms with Gasteiger partial charge in [-0.25, -0.2) is 0 Å². The van der Waals surface area contributed by atoms with Gasteiger partial charge in [-0.3, -0.25) is 0 Å². The van der Waals surface area contributed by atoms with Crippen molar-refractivity contribution in [3.05, 3.63) is 30.0 Å². The van der Waals surface area contributed by atoms with Crippen molar-refractivity contribution in [1.29, 1.82) is 0 Å². The standard InChI is InChI=1S/C14H19N3/c15-9-10-7-11-5-6-16-14(11)13(8-10)17-12-3-1-2-4-12/h5-8,12,16-17H,1-4,9,15H2. The minimum atomic E-state index is 0.598. The lowest BCUT2D eigenvalue weighted by Gasteiger charge is -2.15. The summed E-state index contributed by atoms with van der Waals surface area (Å²) in [6.45, 7) is 0.598. The summed E-state index contributed by atoms with van der Waals surface area (Å²) >= 11 is 0. The Labute approximate surface area is 101 Å². The van der Waals surface area contributed by atoms with Crippen molar-refractivity contribution in [2.24, 2.45) is 5.73 Å². The highest BCUT2D eigenvalue weighted by Crippen LogP contribution is 2.28. The summed E-state index contributed by atoms with van der Waals surface area (Å²) in [6.07, 6.45) is 7.26. The van der Waals surface area contributed by atoms with Crippen LogP contribution in [0.1, 0.15) is 31.2 Å². The topological polar surface area (TPSA) is 53.8 Å². The molecule has 0 amide bonds. The van der Waals surface area contributed by atoms with Gasteiger partial charge in [-0.05, 0) is 36.6 Å². The van der Waals surface area contributed by atoms with E-state index in [1.54, 1.807) is 0 Å². The van der Waals surface area contributed by atoms with E-state index in [0.717, 1.165) is 0 Å². The Morgan fingerprint density at radius 3 is 2.88 bits per heavy atom. The van der Waals surface area contributed by atoms with Gasteiger partial charge in [-0.15, -0.1) is 0 Å². The van der Waals surface area contributed by atoms with Crippen molar-refractivity contribution in [3.8, 4) is 0 Å². The van der Waals surface area contributed by atoms with Crippen LogP contribution in [0.15, 0.2) is 24.4 Å². The van der Waals surface area contributed by atoms with E-state index in [9.17, 15) is 0 Å². The van der Waals surface area contributed by atoms with Crippen LogP contribution in [0.5, 0.6) is 0 Å². The van der Waals surface area contributed by atoms with Crippen LogP contribution in [0.25, 0.3) is 10.9 Å². The molecule has 0 radical (unpaired) electrons. The number of H-pyrrole nitrogens is 1. The molecule has 2 aromatic rings. The largest absolute Gasteiger partial charge is 0.381 e. The number of fused-ring (bicyclic) bond motifs is 1. The van der Waals surface area contributed by atoms with Crippen LogP contribution in [-0.2, 0) is 6.54 Å². The molecule has 0 bridgehead atoms. The van der Waals surface area contributed by atoms with Crippen LogP contribution in [0, 0.1) is 0 Å². The molecule has 1 aromatic carbocycles. The molecule has 4 N–H and O–H groups in total. The maximum absolute atomic E-state index is 5.75. The molecule has 0 spiro atoms. The zero-order valence-corrected chi connectivity index (χ0v) is 10.00. The third-order valence-electron chi connectivity index (χ3n) is 3.67. The molecule has 1 heterocycles. The molecule has 3 heteroatoms. The van der Waals surface area contributed by atoms with Crippen molar-refractivity contribution in [2.45, 2.75) is 38.3 Å². The van der Waals surface area contributed by atoms with Crippen LogP contribution in [0.4, 0.5) is 5.69 Å². The number of nitrogens with two attached hydrogens (primary N) is 1. The monoisotopic (exact) mass is 229 g/mol. The highest BCUT2D eigenvalue weighted by Gasteiger charge is 2.16. The SMILES string of the molecule is NCc1cc(NC2CCCC2)c2[nH]ccc2c1. The highest BCUT2D eigenvalue weighted by atomic mass is 14.9. The molecule has 1 aliphatic carbocycles. The fraction of sp³-hybridized carbons (Fsp3) is 0.429. The molecule has 3 nitrogen and oxygen atoms in total. The smallest absolute Gasteiger partial charge is 0.0689 e. The first kappa shape index (κ1) is 10.7. The molecule has 90 valence electrons. The molecule has 0 saturated heterocycles. The van der Waals surface area contributed by atoms with Gasteiger partial charge in [0.15, 0.2) is 0 Å². The summed E-state index contributed by atoms with van der Waals surface area (Å²) in [5, 5.41) is 4.90. The summed E-state index contributed by atoms with van der Waals surface area (Å²) in [7, 11) is 0. The predicted molar refractivity (Wildman–Crippen MR) is 72.1 cm³/mol. The third kappa shape index (κ3) is 2.03. The van der Waals surface area contributed by atoms with Gasteiger partial charge >= 0.3 is 0 Å². The summed E-state index contributed by atoms with van der Waals surface area (Å²) in [6, 6.07) is 7.08. The number of benzene rings is 1. The second-order valence-electron chi connectivity index (χ2n) is 4.92. The predicted octanol–water partition coefficient (Wildman–Crippen LogP) is 2.98. The number of aromatic amines is 1. The van der Waals surface area contributed by atoms with E-state index in [1.807, 2.05) is 6.20 Å². The van der Waals surface area contributed by atoms with Crippen molar-refractivity contribution < 1.29 is 0 Å². The lowest BCUT2D eigenvalue weighted by atomic mass is 10.1. The number of nitrogens with one attached hydrogen (secondary N) is 2. The average molecular weight is 229 g/mol. The molecule has 17 heavy (non-hydrogen) atoms. The van der Waals surface area contributed by atoms with Gasteiger partial charge in [0.1, 0.15) is 0 Å². The van der Waals surface area contributed by atoms with Crippen LogP contribution in [0.2, 0.25) is 0 Å². The molecule has 0 atom stereocenters. The van der Waals surface area contributed by atoms with Crippen LogP contribution < -0.4 is 11.1 Å². The van der Waals surface area contributed by atoms with Gasteiger partial charge < -0.3 is 16.0 Å². The van der Waals surface area contributed by atoms with E-state index < -0.39 is 0 Å². The molecule has 3 rings (SSSR count). The van der Waals surface area contributed by atoms with Gasteiger partial charge in [-0.1, -0.05) is 12.8 Å². The maximum atomic E-state index is 5.75. The number of hydrogen-bond acceptors (Lipinski definition) is 2. The normalized spacial score (nSPS) is 16.8. The van der Waals surface area contributed by atoms with Gasteiger partial charge in [-0.2, -0.15) is 0 Å². The lowest BCUT2D eigenvalue weighted by molar-refractivity contribution is 0.756. The quantitative estimate of drug-likeness (QED) is 0.758. The van der Waals surface area contributed by atoms with E-state index in [1.165, 1.54) is 47.8 Å². The molecule has 0 aliphatic heterocycles. The molecule has 1 aromatic heterocycles. The van der Waals surface area contributed by atoms with Crippen molar-refractivity contribution >= 4 is 16.6 Å². The second-order valence-corrected chi connectivity index (χ2v) is 4.92. The van der Waals surface area contributed by atoms with Gasteiger partial charge in [0, 0.05) is 24.2 Å². The first-order valence-corrected chi connectivity index (χ1v) is 6.43. The molecule has 1 saturated carbocycles. The van der Waals surface area contributed by atoms with Gasteiger partial charge in [0.2, 0.25) is 0 Å². The zero-order chi connectivity index (χ0) is 11.7. The minimum Gasteiger partial charge on any atom is -0.381 e. The van der Waals surface area contributed by atoms with Crippen LogP contribution >= 0.6 is 0 Å². The van der Waals surface area contributed by atoms with E-state index in [-0.39, 0.29) is 0 Å². The fourth-order valence-corrected chi connectivity index (χ4v) is 2.76. The van der Waals surface area contributed by atoms with E-state index in [2.05, 4.69) is 28.5 Å². The lowest BCUT2D eigenvalue weighted by Crippen LogP contribution is -2.15. The number of aromatic nitrogens is 1. The summed E-state index contributed by atoms with van der Waals surface area (Å²) in [4.78, 5) is 3.31. The molecular weight excluding hydrogens is 210 g/mol. The molecule has 0 unspecified atom stereocenters. The Balaban J connectivity index is 1.97.